The van der Waals surface area contributed by atoms with Gasteiger partial charge in [0.1, 0.15) is 24.1 Å². The summed E-state index contributed by atoms with van der Waals surface area (Å²) in [7, 11) is 0. The number of ether oxygens (including phenoxy) is 2. The highest BCUT2D eigenvalue weighted by molar-refractivity contribution is 7.98. The lowest BCUT2D eigenvalue weighted by molar-refractivity contribution is -0.113. The quantitative estimate of drug-likeness (QED) is 0.139. The number of amides is 1. The Morgan fingerprint density at radius 1 is 0.935 bits per heavy atom. The number of halogens is 1. The van der Waals surface area contributed by atoms with Gasteiger partial charge in [-0.2, -0.15) is 4.98 Å². The van der Waals surface area contributed by atoms with Crippen LogP contribution in [0.25, 0.3) is 0 Å². The summed E-state index contributed by atoms with van der Waals surface area (Å²) in [4.78, 5) is 18.8. The van der Waals surface area contributed by atoms with E-state index in [0.717, 1.165) is 22.4 Å². The second kappa shape index (κ2) is 14.1. The van der Waals surface area contributed by atoms with Crippen LogP contribution in [0.2, 0.25) is 5.02 Å². The van der Waals surface area contributed by atoms with E-state index >= 15 is 0 Å². The number of hydrogen-bond acceptors (Lipinski definition) is 7. The van der Waals surface area contributed by atoms with Crippen molar-refractivity contribution in [2.45, 2.75) is 44.3 Å². The van der Waals surface area contributed by atoms with Crippen LogP contribution in [0.1, 0.15) is 42.1 Å². The fraction of sp³-hybridized carbons (Fsp3) is 0.194. The monoisotopic (exact) mass is 651 g/mol. The summed E-state index contributed by atoms with van der Waals surface area (Å²) in [5, 5.41) is 12.5. The van der Waals surface area contributed by atoms with Gasteiger partial charge in [0.2, 0.25) is 11.1 Å². The van der Waals surface area contributed by atoms with Crippen LogP contribution >= 0.6 is 23.4 Å². The van der Waals surface area contributed by atoms with Gasteiger partial charge in [0.05, 0.1) is 17.9 Å². The Bertz CT molecular complexity index is 1890. The molecule has 0 saturated heterocycles. The molecule has 5 aromatic rings. The molecule has 234 valence electrons. The highest BCUT2D eigenvalue weighted by Gasteiger charge is 2.35. The molecule has 1 atom stereocenters. The molecule has 10 heteroatoms. The van der Waals surface area contributed by atoms with E-state index in [1.807, 2.05) is 98.8 Å². The standard InChI is InChI=1S/C36H34ClN5O3S/c1-4-44-31-16-10-9-15-30(31)39-34(43)32-24(3)38-35-40-36(46-22-27-13-7-8-14-29(27)37)41-42(35)33(32)25-17-19-28(20-18-25)45-21-26-12-6-5-11-23(26)2/h5-20,33H,4,21-22H2,1-3H3,(H,39,43)(H,38,40,41). The number of aromatic nitrogens is 3. The summed E-state index contributed by atoms with van der Waals surface area (Å²) in [6.07, 6.45) is 0. The lowest BCUT2D eigenvalue weighted by atomic mass is 9.95. The van der Waals surface area contributed by atoms with E-state index in [-0.39, 0.29) is 5.91 Å². The summed E-state index contributed by atoms with van der Waals surface area (Å²) in [5.74, 6) is 2.22. The van der Waals surface area contributed by atoms with Gasteiger partial charge in [0, 0.05) is 16.5 Å². The number of fused-ring (bicyclic) bond motifs is 1. The van der Waals surface area contributed by atoms with Crippen LogP contribution in [0.15, 0.2) is 113 Å². The number of hydrogen-bond donors (Lipinski definition) is 2. The number of benzene rings is 4. The van der Waals surface area contributed by atoms with Gasteiger partial charge < -0.3 is 20.1 Å². The zero-order valence-corrected chi connectivity index (χ0v) is 27.4. The number of anilines is 2. The largest absolute Gasteiger partial charge is 0.492 e. The lowest BCUT2D eigenvalue weighted by Crippen LogP contribution is -2.31. The lowest BCUT2D eigenvalue weighted by Gasteiger charge is -2.29. The Labute approximate surface area is 277 Å². The highest BCUT2D eigenvalue weighted by atomic mass is 35.5. The van der Waals surface area contributed by atoms with Crippen molar-refractivity contribution in [3.8, 4) is 11.5 Å². The van der Waals surface area contributed by atoms with Crippen molar-refractivity contribution in [3.05, 3.63) is 136 Å². The summed E-state index contributed by atoms with van der Waals surface area (Å²) < 4.78 is 13.7. The van der Waals surface area contributed by atoms with Crippen molar-refractivity contribution in [1.29, 1.82) is 0 Å². The second-order valence-electron chi connectivity index (χ2n) is 10.8. The third kappa shape index (κ3) is 6.90. The molecule has 0 aliphatic carbocycles. The number of allylic oxidation sites excluding steroid dienone is 1. The molecule has 6 rings (SSSR count). The van der Waals surface area contributed by atoms with Crippen LogP contribution in [0.4, 0.5) is 11.6 Å². The maximum atomic E-state index is 14.1. The van der Waals surface area contributed by atoms with E-state index in [1.54, 1.807) is 4.68 Å². The number of aryl methyl sites for hydroxylation is 1. The van der Waals surface area contributed by atoms with Gasteiger partial charge in [0.15, 0.2) is 0 Å². The van der Waals surface area contributed by atoms with Crippen LogP contribution in [0, 0.1) is 6.92 Å². The van der Waals surface area contributed by atoms with E-state index in [9.17, 15) is 4.79 Å². The van der Waals surface area contributed by atoms with Crippen LogP contribution < -0.4 is 20.1 Å². The van der Waals surface area contributed by atoms with Gasteiger partial charge in [-0.1, -0.05) is 90.1 Å². The molecule has 1 aliphatic rings. The molecule has 0 radical (unpaired) electrons. The van der Waals surface area contributed by atoms with E-state index in [2.05, 4.69) is 29.7 Å². The van der Waals surface area contributed by atoms with Gasteiger partial charge in [0.25, 0.3) is 5.91 Å². The Morgan fingerprint density at radius 3 is 2.41 bits per heavy atom. The zero-order valence-electron chi connectivity index (χ0n) is 25.8. The predicted molar refractivity (Wildman–Crippen MR) is 184 cm³/mol. The molecule has 2 heterocycles. The summed E-state index contributed by atoms with van der Waals surface area (Å²) in [6, 6.07) is 30.5. The molecule has 46 heavy (non-hydrogen) atoms. The van der Waals surface area contributed by atoms with E-state index in [4.69, 9.17) is 31.2 Å². The summed E-state index contributed by atoms with van der Waals surface area (Å²) in [5.41, 5.74) is 5.95. The first-order valence-electron chi connectivity index (χ1n) is 15.0. The minimum atomic E-state index is -0.553. The van der Waals surface area contributed by atoms with Crippen molar-refractivity contribution < 1.29 is 14.3 Å². The Balaban J connectivity index is 1.31. The van der Waals surface area contributed by atoms with Crippen LogP contribution in [-0.4, -0.2) is 27.3 Å². The van der Waals surface area contributed by atoms with Gasteiger partial charge >= 0.3 is 0 Å². The molecule has 0 saturated carbocycles. The predicted octanol–water partition coefficient (Wildman–Crippen LogP) is 8.44. The first kappa shape index (κ1) is 31.3. The van der Waals surface area contributed by atoms with Gasteiger partial charge in [-0.25, -0.2) is 4.68 Å². The SMILES string of the molecule is CCOc1ccccc1NC(=O)C1=C(C)Nc2nc(SCc3ccccc3Cl)nn2C1c1ccc(OCc2ccccc2C)cc1. The number of nitrogens with one attached hydrogen (secondary N) is 2. The van der Waals surface area contributed by atoms with E-state index in [0.29, 0.717) is 57.8 Å². The Hall–Kier alpha value is -4.73. The zero-order chi connectivity index (χ0) is 32.0. The first-order valence-corrected chi connectivity index (χ1v) is 16.4. The molecular formula is C36H34ClN5O3S. The fourth-order valence-corrected chi connectivity index (χ4v) is 6.39. The molecule has 0 spiro atoms. The van der Waals surface area contributed by atoms with Crippen LogP contribution in [-0.2, 0) is 17.2 Å². The molecule has 1 unspecified atom stereocenters. The Morgan fingerprint density at radius 2 is 1.65 bits per heavy atom. The maximum Gasteiger partial charge on any atom is 0.255 e. The second-order valence-corrected chi connectivity index (χ2v) is 12.1. The highest BCUT2D eigenvalue weighted by Crippen LogP contribution is 2.38. The fourth-order valence-electron chi connectivity index (χ4n) is 5.27. The van der Waals surface area contributed by atoms with Gasteiger partial charge in [-0.05, 0) is 73.4 Å². The molecule has 1 amide bonds. The minimum absolute atomic E-state index is 0.270. The van der Waals surface area contributed by atoms with Gasteiger partial charge in [-0.15, -0.1) is 5.10 Å². The third-order valence-electron chi connectivity index (χ3n) is 7.68. The van der Waals surface area contributed by atoms with Crippen molar-refractivity contribution in [2.24, 2.45) is 0 Å². The maximum absolute atomic E-state index is 14.1. The van der Waals surface area contributed by atoms with Crippen LogP contribution in [0.5, 0.6) is 11.5 Å². The van der Waals surface area contributed by atoms with Crippen molar-refractivity contribution in [2.75, 3.05) is 17.2 Å². The molecule has 0 fully saturated rings. The number of rotatable bonds is 11. The molecule has 1 aliphatic heterocycles. The number of carbonyl (C=O) groups excluding carboxylic acids is 1. The average molecular weight is 652 g/mol. The molecule has 2 N–H and O–H groups in total. The molecule has 0 bridgehead atoms. The van der Waals surface area contributed by atoms with Crippen molar-refractivity contribution in [3.63, 3.8) is 0 Å². The summed E-state index contributed by atoms with van der Waals surface area (Å²) >= 11 is 7.89. The molecule has 1 aromatic heterocycles. The number of thioether (sulfide) groups is 1. The average Bonchev–Trinajstić information content (AvgIpc) is 3.47. The third-order valence-corrected chi connectivity index (χ3v) is 8.93. The first-order chi connectivity index (χ1) is 22.4. The Kier molecular flexibility index (Phi) is 9.61. The summed E-state index contributed by atoms with van der Waals surface area (Å²) in [6.45, 7) is 6.81. The molecular weight excluding hydrogens is 618 g/mol. The molecule has 4 aromatic carbocycles. The normalized spacial score (nSPS) is 14.0. The number of para-hydroxylation sites is 2. The van der Waals surface area contributed by atoms with Crippen molar-refractivity contribution in [1.82, 2.24) is 14.8 Å². The number of nitrogens with zero attached hydrogens (tertiary/aromatic N) is 3. The van der Waals surface area contributed by atoms with Crippen molar-refractivity contribution >= 4 is 40.9 Å². The van der Waals surface area contributed by atoms with E-state index in [1.165, 1.54) is 17.3 Å². The minimum Gasteiger partial charge on any atom is -0.492 e. The van der Waals surface area contributed by atoms with Gasteiger partial charge in [-0.3, -0.25) is 4.79 Å². The smallest absolute Gasteiger partial charge is 0.255 e. The van der Waals surface area contributed by atoms with Crippen LogP contribution in [0.3, 0.4) is 0 Å². The topological polar surface area (TPSA) is 90.3 Å². The van der Waals surface area contributed by atoms with E-state index < -0.39 is 6.04 Å². The molecule has 8 nitrogen and oxygen atoms in total. The number of carbonyl (C=O) groups is 1.